The number of methoxy groups -OCH3 is 1. The Morgan fingerprint density at radius 3 is 2.33 bits per heavy atom. The van der Waals surface area contributed by atoms with E-state index in [1.54, 1.807) is 0 Å². The van der Waals surface area contributed by atoms with Crippen molar-refractivity contribution in [3.8, 4) is 0 Å². The molecule has 1 aromatic heterocycles. The van der Waals surface area contributed by atoms with Gasteiger partial charge in [0.15, 0.2) is 5.13 Å². The zero-order chi connectivity index (χ0) is 13.4. The van der Waals surface area contributed by atoms with Gasteiger partial charge in [-0.25, -0.2) is 9.78 Å². The minimum absolute atomic E-state index is 0.488. The molecule has 18 heavy (non-hydrogen) atoms. The van der Waals surface area contributed by atoms with Crippen LogP contribution in [0.25, 0.3) is 10.2 Å². The quantitative estimate of drug-likeness (QED) is 0.854. The number of nitrogens with zero attached hydrogens (tertiary/aromatic N) is 1. The van der Waals surface area contributed by atoms with E-state index in [4.69, 9.17) is 0 Å². The van der Waals surface area contributed by atoms with Crippen molar-refractivity contribution in [2.75, 3.05) is 12.4 Å². The van der Waals surface area contributed by atoms with Crippen molar-refractivity contribution in [2.24, 2.45) is 0 Å². The normalized spacial score (nSPS) is 10.7. The van der Waals surface area contributed by atoms with E-state index >= 15 is 0 Å². The van der Waals surface area contributed by atoms with Gasteiger partial charge in [0.25, 0.3) is 0 Å². The molecule has 0 aliphatic rings. The highest BCUT2D eigenvalue weighted by Gasteiger charge is 2.15. The lowest BCUT2D eigenvalue weighted by molar-refractivity contribution is 0.187. The summed E-state index contributed by atoms with van der Waals surface area (Å²) in [5.74, 6) is 0. The van der Waals surface area contributed by atoms with E-state index in [-0.39, 0.29) is 0 Å². The Morgan fingerprint density at radius 1 is 1.11 bits per heavy atom. The highest BCUT2D eigenvalue weighted by atomic mass is 32.1. The zero-order valence-electron chi connectivity index (χ0n) is 11.2. The van der Waals surface area contributed by atoms with E-state index in [0.717, 1.165) is 10.2 Å². The fraction of sp³-hybridized carbons (Fsp3) is 0.385. The van der Waals surface area contributed by atoms with Gasteiger partial charge in [0, 0.05) is 0 Å². The van der Waals surface area contributed by atoms with Crippen LogP contribution in [0.3, 0.4) is 0 Å². The Hall–Kier alpha value is -1.62. The van der Waals surface area contributed by atoms with Gasteiger partial charge in [0.1, 0.15) is 0 Å². The lowest BCUT2D eigenvalue weighted by Crippen LogP contribution is -2.10. The van der Waals surface area contributed by atoms with Crippen molar-refractivity contribution in [1.82, 2.24) is 4.98 Å². The van der Waals surface area contributed by atoms with Crippen LogP contribution in [0.1, 0.15) is 22.3 Å². The van der Waals surface area contributed by atoms with Crippen molar-refractivity contribution < 1.29 is 9.53 Å². The molecule has 0 unspecified atom stereocenters. The molecule has 0 aliphatic carbocycles. The van der Waals surface area contributed by atoms with Gasteiger partial charge >= 0.3 is 6.09 Å². The second-order valence-corrected chi connectivity index (χ2v) is 5.31. The zero-order valence-corrected chi connectivity index (χ0v) is 12.0. The second kappa shape index (κ2) is 4.57. The fourth-order valence-corrected chi connectivity index (χ4v) is 3.00. The van der Waals surface area contributed by atoms with Gasteiger partial charge in [-0.3, -0.25) is 5.32 Å². The summed E-state index contributed by atoms with van der Waals surface area (Å²) in [5.41, 5.74) is 5.90. The Bertz CT molecular complexity index is 587. The Kier molecular flexibility index (Phi) is 3.26. The molecule has 0 spiro atoms. The third-order valence-electron chi connectivity index (χ3n) is 3.40. The Labute approximate surface area is 110 Å². The average molecular weight is 264 g/mol. The number of carbonyl (C=O) groups is 1. The molecule has 0 atom stereocenters. The van der Waals surface area contributed by atoms with Gasteiger partial charge in [-0.2, -0.15) is 0 Å². The predicted octanol–water partition coefficient (Wildman–Crippen LogP) is 3.71. The largest absolute Gasteiger partial charge is 0.453 e. The number of rotatable bonds is 1. The second-order valence-electron chi connectivity index (χ2n) is 4.31. The van der Waals surface area contributed by atoms with Crippen LogP contribution in [-0.2, 0) is 4.74 Å². The number of hydrogen-bond donors (Lipinski definition) is 1. The maximum absolute atomic E-state index is 11.2. The summed E-state index contributed by atoms with van der Waals surface area (Å²) in [4.78, 5) is 15.7. The molecule has 0 radical (unpaired) electrons. The number of benzene rings is 1. The topological polar surface area (TPSA) is 51.2 Å². The number of aromatic nitrogens is 1. The number of ether oxygens (including phenoxy) is 1. The van der Waals surface area contributed by atoms with Crippen LogP contribution >= 0.6 is 11.3 Å². The molecule has 1 amide bonds. The third-order valence-corrected chi connectivity index (χ3v) is 4.50. The highest BCUT2D eigenvalue weighted by molar-refractivity contribution is 7.22. The first-order chi connectivity index (χ1) is 8.45. The van der Waals surface area contributed by atoms with E-state index in [0.29, 0.717) is 5.13 Å². The van der Waals surface area contributed by atoms with E-state index in [1.165, 1.54) is 40.7 Å². The van der Waals surface area contributed by atoms with Crippen LogP contribution in [-0.4, -0.2) is 18.2 Å². The fourth-order valence-electron chi connectivity index (χ4n) is 1.93. The molecule has 0 bridgehead atoms. The molecule has 96 valence electrons. The van der Waals surface area contributed by atoms with Crippen LogP contribution in [0.2, 0.25) is 0 Å². The van der Waals surface area contributed by atoms with Crippen LogP contribution in [0.15, 0.2) is 0 Å². The number of fused-ring (bicyclic) bond motifs is 1. The molecule has 0 saturated heterocycles. The lowest BCUT2D eigenvalue weighted by Gasteiger charge is -2.08. The summed E-state index contributed by atoms with van der Waals surface area (Å²) in [6.07, 6.45) is -0.488. The number of amides is 1. The molecule has 4 nitrogen and oxygen atoms in total. The number of nitrogens with one attached hydrogen (secondary N) is 1. The van der Waals surface area contributed by atoms with Gasteiger partial charge in [-0.1, -0.05) is 11.3 Å². The third kappa shape index (κ3) is 1.95. The van der Waals surface area contributed by atoms with Crippen molar-refractivity contribution in [3.05, 3.63) is 22.3 Å². The van der Waals surface area contributed by atoms with Crippen LogP contribution in [0, 0.1) is 27.7 Å². The molecule has 1 heterocycles. The Balaban J connectivity index is 2.61. The summed E-state index contributed by atoms with van der Waals surface area (Å²) < 4.78 is 5.70. The number of anilines is 1. The van der Waals surface area contributed by atoms with E-state index < -0.39 is 6.09 Å². The molecule has 1 N–H and O–H groups in total. The van der Waals surface area contributed by atoms with Crippen LogP contribution in [0.4, 0.5) is 9.93 Å². The molecule has 2 aromatic rings. The summed E-state index contributed by atoms with van der Waals surface area (Å²) in [6, 6.07) is 0. The summed E-state index contributed by atoms with van der Waals surface area (Å²) in [6.45, 7) is 8.37. The first-order valence-corrected chi connectivity index (χ1v) is 6.49. The predicted molar refractivity (Wildman–Crippen MR) is 74.6 cm³/mol. The van der Waals surface area contributed by atoms with Crippen molar-refractivity contribution >= 4 is 32.8 Å². The molecule has 2 rings (SSSR count). The molecule has 1 aromatic carbocycles. The standard InChI is InChI=1S/C13H16N2O2S/c1-6-7(2)9(4)11-10(8(6)3)14-12(18-11)15-13(16)17-5/h1-5H3,(H,14,15,16). The summed E-state index contributed by atoms with van der Waals surface area (Å²) in [7, 11) is 1.34. The van der Waals surface area contributed by atoms with Gasteiger partial charge in [-0.15, -0.1) is 0 Å². The van der Waals surface area contributed by atoms with Crippen molar-refractivity contribution in [3.63, 3.8) is 0 Å². The minimum atomic E-state index is -0.488. The SMILES string of the molecule is COC(=O)Nc1nc2c(C)c(C)c(C)c(C)c2s1. The van der Waals surface area contributed by atoms with Crippen molar-refractivity contribution in [2.45, 2.75) is 27.7 Å². The van der Waals surface area contributed by atoms with Crippen LogP contribution in [0.5, 0.6) is 0 Å². The average Bonchev–Trinajstić information content (AvgIpc) is 2.77. The highest BCUT2D eigenvalue weighted by Crippen LogP contribution is 2.34. The molecule has 0 aliphatic heterocycles. The maximum Gasteiger partial charge on any atom is 0.413 e. The van der Waals surface area contributed by atoms with Crippen LogP contribution < -0.4 is 5.32 Å². The first-order valence-electron chi connectivity index (χ1n) is 5.67. The number of carbonyl (C=O) groups excluding carboxylic acids is 1. The van der Waals surface area contributed by atoms with E-state index in [9.17, 15) is 4.79 Å². The molecular formula is C13H16N2O2S. The monoisotopic (exact) mass is 264 g/mol. The molecule has 5 heteroatoms. The van der Waals surface area contributed by atoms with Gasteiger partial charge in [-0.05, 0) is 49.9 Å². The minimum Gasteiger partial charge on any atom is -0.453 e. The number of hydrogen-bond acceptors (Lipinski definition) is 4. The number of aryl methyl sites for hydroxylation is 2. The first kappa shape index (κ1) is 12.8. The van der Waals surface area contributed by atoms with Gasteiger partial charge < -0.3 is 4.74 Å². The Morgan fingerprint density at radius 2 is 1.72 bits per heavy atom. The maximum atomic E-state index is 11.2. The van der Waals surface area contributed by atoms with Crippen molar-refractivity contribution in [1.29, 1.82) is 0 Å². The number of thiazole rings is 1. The molecule has 0 saturated carbocycles. The van der Waals surface area contributed by atoms with Gasteiger partial charge in [0.05, 0.1) is 17.3 Å². The smallest absolute Gasteiger partial charge is 0.413 e. The summed E-state index contributed by atoms with van der Waals surface area (Å²) in [5, 5.41) is 3.20. The van der Waals surface area contributed by atoms with E-state index in [1.807, 2.05) is 0 Å². The molecular weight excluding hydrogens is 248 g/mol. The molecule has 0 fully saturated rings. The lowest BCUT2D eigenvalue weighted by atomic mass is 9.99. The van der Waals surface area contributed by atoms with Gasteiger partial charge in [0.2, 0.25) is 0 Å². The summed E-state index contributed by atoms with van der Waals surface area (Å²) >= 11 is 1.48. The van der Waals surface area contributed by atoms with E-state index in [2.05, 4.69) is 42.7 Å².